The zero-order valence-corrected chi connectivity index (χ0v) is 15.9. The molecule has 1 aromatic carbocycles. The lowest BCUT2D eigenvalue weighted by atomic mass is 10.2. The Hall–Kier alpha value is -2.61. The Kier molecular flexibility index (Phi) is 4.98. The third kappa shape index (κ3) is 3.62. The molecule has 0 unspecified atom stereocenters. The van der Waals surface area contributed by atoms with Gasteiger partial charge >= 0.3 is 11.1 Å². The van der Waals surface area contributed by atoms with Crippen molar-refractivity contribution in [2.24, 2.45) is 0 Å². The first-order valence-electron chi connectivity index (χ1n) is 9.03. The van der Waals surface area contributed by atoms with E-state index in [2.05, 4.69) is 10.3 Å². The van der Waals surface area contributed by atoms with Crippen molar-refractivity contribution in [2.45, 2.75) is 43.2 Å². The van der Waals surface area contributed by atoms with Crippen LogP contribution in [0.25, 0.3) is 5.69 Å². The molecule has 3 aromatic rings. The first kappa shape index (κ1) is 17.8. The van der Waals surface area contributed by atoms with Gasteiger partial charge < -0.3 is 9.13 Å². The molecular formula is C19H21N5O2S. The van der Waals surface area contributed by atoms with Crippen LogP contribution in [-0.2, 0) is 6.54 Å². The van der Waals surface area contributed by atoms with Crippen molar-refractivity contribution in [3.63, 3.8) is 0 Å². The Bertz CT molecular complexity index is 1040. The Morgan fingerprint density at radius 2 is 1.81 bits per heavy atom. The van der Waals surface area contributed by atoms with Gasteiger partial charge in [-0.15, -0.1) is 16.9 Å². The van der Waals surface area contributed by atoms with Gasteiger partial charge in [0.15, 0.2) is 0 Å². The van der Waals surface area contributed by atoms with Gasteiger partial charge in [0.2, 0.25) is 0 Å². The first-order valence-corrected chi connectivity index (χ1v) is 10.3. The number of hydrogen-bond acceptors (Lipinski definition) is 5. The Balaban J connectivity index is 1.56. The molecular weight excluding hydrogens is 362 g/mol. The minimum absolute atomic E-state index is 0.157. The van der Waals surface area contributed by atoms with Crippen LogP contribution in [0.3, 0.4) is 0 Å². The fourth-order valence-corrected chi connectivity index (χ4v) is 3.93. The van der Waals surface area contributed by atoms with Crippen LogP contribution in [-0.4, -0.2) is 30.4 Å². The summed E-state index contributed by atoms with van der Waals surface area (Å²) >= 11 is 1.68. The fourth-order valence-electron chi connectivity index (χ4n) is 3.52. The van der Waals surface area contributed by atoms with Gasteiger partial charge in [0.25, 0.3) is 0 Å². The molecule has 140 valence electrons. The maximum Gasteiger partial charge on any atom is 0.316 e. The van der Waals surface area contributed by atoms with Crippen LogP contribution in [0.15, 0.2) is 57.3 Å². The summed E-state index contributed by atoms with van der Waals surface area (Å²) in [6.45, 7) is 0.225. The molecule has 0 aliphatic heterocycles. The molecule has 8 heteroatoms. The highest BCUT2D eigenvalue weighted by Gasteiger charge is 2.19. The monoisotopic (exact) mass is 383 g/mol. The molecule has 27 heavy (non-hydrogen) atoms. The molecule has 7 nitrogen and oxygen atoms in total. The number of aromatic nitrogens is 5. The second-order valence-electron chi connectivity index (χ2n) is 6.73. The predicted octanol–water partition coefficient (Wildman–Crippen LogP) is 2.48. The second-order valence-corrected chi connectivity index (χ2v) is 7.61. The van der Waals surface area contributed by atoms with E-state index >= 15 is 0 Å². The van der Waals surface area contributed by atoms with E-state index in [1.165, 1.54) is 9.46 Å². The summed E-state index contributed by atoms with van der Waals surface area (Å²) in [6, 6.07) is 8.15. The summed E-state index contributed by atoms with van der Waals surface area (Å²) in [5.74, 6) is 0. The van der Waals surface area contributed by atoms with Crippen LogP contribution in [0.1, 0.15) is 37.4 Å². The SMILES string of the molecule is CSc1ccc(-n2cc(Cn3ccn(C4CCCC4)c(=O)c3=O)nn2)cc1. The smallest absolute Gasteiger partial charge is 0.306 e. The molecule has 0 radical (unpaired) electrons. The summed E-state index contributed by atoms with van der Waals surface area (Å²) in [4.78, 5) is 26.1. The van der Waals surface area contributed by atoms with Gasteiger partial charge in [-0.1, -0.05) is 18.1 Å². The molecule has 2 heterocycles. The third-order valence-electron chi connectivity index (χ3n) is 5.01. The molecule has 0 N–H and O–H groups in total. The summed E-state index contributed by atoms with van der Waals surface area (Å²) in [5.41, 5.74) is 0.562. The number of thioether (sulfide) groups is 1. The highest BCUT2D eigenvalue weighted by atomic mass is 32.2. The van der Waals surface area contributed by atoms with E-state index < -0.39 is 11.1 Å². The molecule has 4 rings (SSSR count). The van der Waals surface area contributed by atoms with Crippen molar-refractivity contribution in [1.82, 2.24) is 24.1 Å². The maximum atomic E-state index is 12.5. The quantitative estimate of drug-likeness (QED) is 0.500. The van der Waals surface area contributed by atoms with Gasteiger partial charge in [-0.3, -0.25) is 9.59 Å². The average Bonchev–Trinajstić information content (AvgIpc) is 3.38. The van der Waals surface area contributed by atoms with Crippen LogP contribution in [0.2, 0.25) is 0 Å². The molecule has 1 saturated carbocycles. The van der Waals surface area contributed by atoms with E-state index in [-0.39, 0.29) is 12.6 Å². The predicted molar refractivity (Wildman–Crippen MR) is 105 cm³/mol. The van der Waals surface area contributed by atoms with E-state index in [1.807, 2.05) is 30.5 Å². The lowest BCUT2D eigenvalue weighted by Crippen LogP contribution is -2.41. The molecule has 0 spiro atoms. The normalized spacial score (nSPS) is 14.7. The van der Waals surface area contributed by atoms with Gasteiger partial charge in [-0.05, 0) is 43.4 Å². The van der Waals surface area contributed by atoms with E-state index in [9.17, 15) is 9.59 Å². The molecule has 1 aliphatic carbocycles. The van der Waals surface area contributed by atoms with Crippen LogP contribution < -0.4 is 11.1 Å². The van der Waals surface area contributed by atoms with Crippen molar-refractivity contribution in [2.75, 3.05) is 6.26 Å². The van der Waals surface area contributed by atoms with E-state index in [0.29, 0.717) is 5.69 Å². The summed E-state index contributed by atoms with van der Waals surface area (Å²) in [7, 11) is 0. The standard InChI is InChI=1S/C19H21N5O2S/c1-27-17-8-6-16(7-9-17)24-13-14(20-21-24)12-22-10-11-23(19(26)18(22)25)15-4-2-3-5-15/h6-11,13,15H,2-5,12H2,1H3. The molecule has 0 atom stereocenters. The third-order valence-corrected chi connectivity index (χ3v) is 5.76. The highest BCUT2D eigenvalue weighted by molar-refractivity contribution is 7.98. The van der Waals surface area contributed by atoms with E-state index in [1.54, 1.807) is 39.6 Å². The van der Waals surface area contributed by atoms with E-state index in [4.69, 9.17) is 0 Å². The minimum atomic E-state index is -0.511. The van der Waals surface area contributed by atoms with Crippen LogP contribution in [0.5, 0.6) is 0 Å². The molecule has 0 bridgehead atoms. The molecule has 2 aromatic heterocycles. The Labute approximate surface area is 160 Å². The molecule has 0 saturated heterocycles. The minimum Gasteiger partial charge on any atom is -0.306 e. The highest BCUT2D eigenvalue weighted by Crippen LogP contribution is 2.27. The van der Waals surface area contributed by atoms with Crippen LogP contribution >= 0.6 is 11.8 Å². The summed E-state index contributed by atoms with van der Waals surface area (Å²) in [5, 5.41) is 8.27. The van der Waals surface area contributed by atoms with Crippen LogP contribution in [0, 0.1) is 0 Å². The van der Waals surface area contributed by atoms with Gasteiger partial charge in [-0.2, -0.15) is 0 Å². The average molecular weight is 383 g/mol. The lowest BCUT2D eigenvalue weighted by molar-refractivity contribution is 0.487. The zero-order chi connectivity index (χ0) is 18.8. The van der Waals surface area contributed by atoms with E-state index in [0.717, 1.165) is 31.4 Å². The van der Waals surface area contributed by atoms with Gasteiger partial charge in [0, 0.05) is 23.3 Å². The number of hydrogen-bond donors (Lipinski definition) is 0. The fraction of sp³-hybridized carbons (Fsp3) is 0.368. The zero-order valence-electron chi connectivity index (χ0n) is 15.1. The van der Waals surface area contributed by atoms with Crippen molar-refractivity contribution in [3.8, 4) is 5.69 Å². The topological polar surface area (TPSA) is 74.7 Å². The Morgan fingerprint density at radius 1 is 1.07 bits per heavy atom. The van der Waals surface area contributed by atoms with Crippen molar-refractivity contribution in [3.05, 3.63) is 69.3 Å². The summed E-state index contributed by atoms with van der Waals surface area (Å²) in [6.07, 6.45) is 11.4. The molecule has 1 aliphatic rings. The number of nitrogens with zero attached hydrogens (tertiary/aromatic N) is 5. The second kappa shape index (κ2) is 7.56. The largest absolute Gasteiger partial charge is 0.316 e. The van der Waals surface area contributed by atoms with Crippen molar-refractivity contribution in [1.29, 1.82) is 0 Å². The lowest BCUT2D eigenvalue weighted by Gasteiger charge is -2.13. The van der Waals surface area contributed by atoms with Crippen molar-refractivity contribution < 1.29 is 0 Å². The van der Waals surface area contributed by atoms with Crippen LogP contribution in [0.4, 0.5) is 0 Å². The Morgan fingerprint density at radius 3 is 2.52 bits per heavy atom. The van der Waals surface area contributed by atoms with Gasteiger partial charge in [0.05, 0.1) is 18.4 Å². The molecule has 0 amide bonds. The summed E-state index contributed by atoms with van der Waals surface area (Å²) < 4.78 is 4.67. The molecule has 1 fully saturated rings. The van der Waals surface area contributed by atoms with Crippen molar-refractivity contribution >= 4 is 11.8 Å². The first-order chi connectivity index (χ1) is 13.2. The number of benzene rings is 1. The van der Waals surface area contributed by atoms with Gasteiger partial charge in [-0.25, -0.2) is 4.68 Å². The maximum absolute atomic E-state index is 12.5. The van der Waals surface area contributed by atoms with Gasteiger partial charge in [0.1, 0.15) is 5.69 Å². The number of rotatable bonds is 5.